The number of fused-ring (bicyclic) bond motifs is 7. The maximum absolute atomic E-state index is 15.1. The Morgan fingerprint density at radius 2 is 1.64 bits per heavy atom. The lowest BCUT2D eigenvalue weighted by atomic mass is 9.30. The number of nitrogens with zero attached hydrogens (tertiary/aromatic N) is 2. The molecule has 5 saturated carbocycles. The average Bonchev–Trinajstić information content (AvgIpc) is 4.31. The van der Waals surface area contributed by atoms with Crippen LogP contribution in [0.5, 0.6) is 0 Å². The third-order valence-corrected chi connectivity index (χ3v) is 23.6. The van der Waals surface area contributed by atoms with E-state index in [1.807, 2.05) is 20.2 Å². The zero-order valence-corrected chi connectivity index (χ0v) is 45.5. The van der Waals surface area contributed by atoms with Gasteiger partial charge in [0.05, 0.1) is 48.9 Å². The molecule has 0 aromatic carbocycles. The summed E-state index contributed by atoms with van der Waals surface area (Å²) in [5.74, 6) is -3.55. The minimum absolute atomic E-state index is 0.0337. The van der Waals surface area contributed by atoms with E-state index < -0.39 is 111 Å². The lowest BCUT2D eigenvalue weighted by Crippen LogP contribution is -2.73. The first kappa shape index (κ1) is 56.0. The monoisotopic (exact) mass is 1060 g/mol. The molecule has 424 valence electrons. The Morgan fingerprint density at radius 1 is 0.921 bits per heavy atom. The summed E-state index contributed by atoms with van der Waals surface area (Å²) in [6.45, 7) is 10.8. The molecule has 4 heterocycles. The number of carboxylic acids is 1. The molecule has 7 fully saturated rings. The Bertz CT molecular complexity index is 2420. The van der Waals surface area contributed by atoms with Gasteiger partial charge in [-0.25, -0.2) is 9.97 Å². The number of aliphatic carboxylic acids is 1. The van der Waals surface area contributed by atoms with Crippen LogP contribution >= 0.6 is 0 Å². The van der Waals surface area contributed by atoms with Crippen LogP contribution in [-0.4, -0.2) is 155 Å². The summed E-state index contributed by atoms with van der Waals surface area (Å²) in [7, 11) is 1.81. The maximum Gasteiger partial charge on any atom is 0.310 e. The van der Waals surface area contributed by atoms with E-state index in [1.165, 1.54) is 0 Å². The number of hydrogen-bond acceptors (Lipinski definition) is 15. The number of aromatic amines is 2. The molecule has 22 atom stereocenters. The number of aliphatic hydroxyl groups excluding tert-OH is 7. The number of carbonyl (C=O) groups excluding carboxylic acids is 1. The van der Waals surface area contributed by atoms with Crippen molar-refractivity contribution in [3.63, 3.8) is 0 Å². The number of nitrogens with two attached hydrogens (primary N) is 1. The average molecular weight is 1060 g/mol. The van der Waals surface area contributed by atoms with Crippen LogP contribution < -0.4 is 16.4 Å². The fourth-order valence-corrected chi connectivity index (χ4v) is 19.2. The Hall–Kier alpha value is -3.34. The Morgan fingerprint density at radius 3 is 2.28 bits per heavy atom. The number of H-pyrrole nitrogens is 2. The molecule has 2 aromatic heterocycles. The highest BCUT2D eigenvalue weighted by molar-refractivity contribution is 5.86. The van der Waals surface area contributed by atoms with E-state index in [1.54, 1.807) is 18.9 Å². The van der Waals surface area contributed by atoms with Crippen LogP contribution in [0.2, 0.25) is 0 Å². The first-order valence-electron chi connectivity index (χ1n) is 28.5. The molecule has 2 aliphatic heterocycles. The number of hydrogen-bond donors (Lipinski definition) is 13. The highest BCUT2D eigenvalue weighted by Gasteiger charge is 2.75. The van der Waals surface area contributed by atoms with E-state index in [9.17, 15) is 45.6 Å². The number of amides is 1. The van der Waals surface area contributed by atoms with Crippen molar-refractivity contribution in [3.8, 4) is 0 Å². The molecule has 0 radical (unpaired) electrons. The molecule has 19 nitrogen and oxygen atoms in total. The Balaban J connectivity index is 1.15. The zero-order valence-electron chi connectivity index (χ0n) is 45.5. The maximum atomic E-state index is 15.1. The predicted molar refractivity (Wildman–Crippen MR) is 278 cm³/mol. The third kappa shape index (κ3) is 8.35. The van der Waals surface area contributed by atoms with Crippen LogP contribution in [0.3, 0.4) is 0 Å². The fraction of sp³-hybridized carbons (Fsp3) is 0.825. The van der Waals surface area contributed by atoms with Crippen LogP contribution in [-0.2, 0) is 25.5 Å². The first-order chi connectivity index (χ1) is 36.0. The number of aliphatic hydroxyl groups is 7. The molecule has 10 rings (SSSR count). The Kier molecular flexibility index (Phi) is 15.0. The summed E-state index contributed by atoms with van der Waals surface area (Å²) in [6, 6.07) is -0.484. The normalized spacial score (nSPS) is 45.9. The molecular weight excluding hydrogens is 975 g/mol. The smallest absolute Gasteiger partial charge is 0.310 e. The van der Waals surface area contributed by atoms with Gasteiger partial charge in [-0.05, 0) is 141 Å². The van der Waals surface area contributed by atoms with E-state index in [4.69, 9.17) is 15.2 Å². The summed E-state index contributed by atoms with van der Waals surface area (Å²) in [6.07, 6.45) is 7.77. The first-order valence-corrected chi connectivity index (χ1v) is 28.5. The molecule has 2 aromatic rings. The van der Waals surface area contributed by atoms with Gasteiger partial charge in [0, 0.05) is 60.2 Å². The van der Waals surface area contributed by atoms with Gasteiger partial charge in [-0.3, -0.25) is 9.59 Å². The summed E-state index contributed by atoms with van der Waals surface area (Å²) in [5, 5.41) is 98.9. The summed E-state index contributed by atoms with van der Waals surface area (Å²) in [5.41, 5.74) is 3.77. The van der Waals surface area contributed by atoms with Gasteiger partial charge in [-0.1, -0.05) is 59.1 Å². The second kappa shape index (κ2) is 20.3. The molecule has 6 aliphatic carbocycles. The second-order valence-corrected chi connectivity index (χ2v) is 26.8. The highest BCUT2D eigenvalue weighted by Crippen LogP contribution is 2.79. The lowest BCUT2D eigenvalue weighted by Gasteiger charge is -2.74. The van der Waals surface area contributed by atoms with E-state index in [0.29, 0.717) is 83.6 Å². The fourth-order valence-electron chi connectivity index (χ4n) is 19.2. The molecule has 1 amide bonds. The summed E-state index contributed by atoms with van der Waals surface area (Å²) in [4.78, 5) is 44.7. The van der Waals surface area contributed by atoms with Gasteiger partial charge < -0.3 is 76.7 Å². The molecular formula is C57H89N7O12. The quantitative estimate of drug-likeness (QED) is 0.0653. The number of carbonyl (C=O) groups is 2. The van der Waals surface area contributed by atoms with Gasteiger partial charge in [0.15, 0.2) is 6.29 Å². The molecule has 2 saturated heterocycles. The SMILES string of the molecule is CNCC(CC(c1cnc[nH]1)C1NC(=O)C2(CCCC2)C1CC1C(O)C(OC2OCC(O)C(O)C2O)C(C)(CO)C2CCC3(C)C(CC=C4C5CC(C)(CO)CCC5(C(=O)O)CC(Cc5cnc[nH]5)C43C)C12C)C(N)O. The molecule has 22 unspecified atom stereocenters. The standard InChI is InChI=1S/C57H89N7O12/c1-51(26-65)15-16-57(50(73)74)20-31(18-32-23-60-28-62-32)55(5)34(37(57)21-51)9-10-41-53(55,3)14-11-40-52(2,27-66)46(76-48-45(70)44(69)39(67)25-75-48)43(68)36(54(40,41)4)19-35-42(64-49(72)56(35)12-7-8-13-56)33(38-24-61-29-63-38)17-30(22-59-6)47(58)71/h9,23-24,28-31,33,35-37,39-48,59,65-71H,7-8,10-22,25-27,58H2,1-6H3,(H,60,62)(H,61,63)(H,64,72)(H,73,74). The number of carboxylic acid groups (broad SMARTS) is 1. The predicted octanol–water partition coefficient (Wildman–Crippen LogP) is 3.11. The van der Waals surface area contributed by atoms with Crippen LogP contribution in [0.25, 0.3) is 0 Å². The number of rotatable bonds is 16. The van der Waals surface area contributed by atoms with Crippen molar-refractivity contribution in [2.75, 3.05) is 33.4 Å². The van der Waals surface area contributed by atoms with Gasteiger partial charge in [0.25, 0.3) is 0 Å². The van der Waals surface area contributed by atoms with Crippen LogP contribution in [0.15, 0.2) is 36.7 Å². The number of allylic oxidation sites excluding steroid dienone is 2. The largest absolute Gasteiger partial charge is 0.481 e. The van der Waals surface area contributed by atoms with Crippen LogP contribution in [0, 0.1) is 79.3 Å². The topological polar surface area (TPSA) is 322 Å². The number of imidazole rings is 2. The van der Waals surface area contributed by atoms with E-state index in [2.05, 4.69) is 64.3 Å². The lowest BCUT2D eigenvalue weighted by molar-refractivity contribution is -0.341. The van der Waals surface area contributed by atoms with Crippen molar-refractivity contribution in [1.82, 2.24) is 30.6 Å². The molecule has 1 spiro atoms. The highest BCUT2D eigenvalue weighted by atomic mass is 16.7. The number of aromatic nitrogens is 4. The van der Waals surface area contributed by atoms with Gasteiger partial charge in [-0.15, -0.1) is 0 Å². The molecule has 19 heteroatoms. The van der Waals surface area contributed by atoms with E-state index >= 15 is 4.79 Å². The summed E-state index contributed by atoms with van der Waals surface area (Å²) < 4.78 is 12.7. The molecule has 8 aliphatic rings. The second-order valence-electron chi connectivity index (χ2n) is 26.8. The van der Waals surface area contributed by atoms with Crippen molar-refractivity contribution >= 4 is 11.9 Å². The Labute approximate surface area is 447 Å². The van der Waals surface area contributed by atoms with Crippen molar-refractivity contribution in [2.24, 2.45) is 85.1 Å². The van der Waals surface area contributed by atoms with Crippen LogP contribution in [0.1, 0.15) is 135 Å². The summed E-state index contributed by atoms with van der Waals surface area (Å²) >= 11 is 0. The number of ether oxygens (including phenoxy) is 2. The van der Waals surface area contributed by atoms with Gasteiger partial charge >= 0.3 is 5.97 Å². The van der Waals surface area contributed by atoms with Crippen molar-refractivity contribution < 1.29 is 59.9 Å². The third-order valence-electron chi connectivity index (χ3n) is 23.6. The molecule has 76 heavy (non-hydrogen) atoms. The van der Waals surface area contributed by atoms with Gasteiger partial charge in [0.1, 0.15) is 24.5 Å². The van der Waals surface area contributed by atoms with Crippen molar-refractivity contribution in [1.29, 1.82) is 0 Å². The van der Waals surface area contributed by atoms with Crippen molar-refractivity contribution in [3.05, 3.63) is 48.1 Å². The van der Waals surface area contributed by atoms with Crippen LogP contribution in [0.4, 0.5) is 0 Å². The molecule has 0 bridgehead atoms. The zero-order chi connectivity index (χ0) is 54.5. The van der Waals surface area contributed by atoms with E-state index in [-0.39, 0.29) is 54.6 Å². The van der Waals surface area contributed by atoms with Gasteiger partial charge in [-0.2, -0.15) is 0 Å². The van der Waals surface area contributed by atoms with Crippen molar-refractivity contribution in [2.45, 2.75) is 180 Å². The van der Waals surface area contributed by atoms with Gasteiger partial charge in [0.2, 0.25) is 5.91 Å². The van der Waals surface area contributed by atoms with E-state index in [0.717, 1.165) is 29.8 Å². The molecule has 14 N–H and O–H groups in total. The minimum atomic E-state index is -1.66. The number of nitrogens with one attached hydrogen (secondary N) is 4. The minimum Gasteiger partial charge on any atom is -0.481 e.